The van der Waals surface area contributed by atoms with Crippen LogP contribution in [0, 0.1) is 6.92 Å². The van der Waals surface area contributed by atoms with Gasteiger partial charge in [-0.25, -0.2) is 0 Å². The van der Waals surface area contributed by atoms with Crippen molar-refractivity contribution in [2.45, 2.75) is 85.0 Å². The van der Waals surface area contributed by atoms with Gasteiger partial charge in [0, 0.05) is 16.8 Å². The average Bonchev–Trinajstić information content (AvgIpc) is 3.11. The molecule has 244 valence electrons. The fourth-order valence-electron chi connectivity index (χ4n) is 6.92. The van der Waals surface area contributed by atoms with Gasteiger partial charge in [0.25, 0.3) is 0 Å². The smallest absolute Gasteiger partial charge is 0.398 e. The maximum absolute atomic E-state index is 3.73. The van der Waals surface area contributed by atoms with Crippen LogP contribution in [-0.4, -0.2) is 6.98 Å². The second-order valence-corrected chi connectivity index (χ2v) is 13.5. The van der Waals surface area contributed by atoms with Crippen LogP contribution in [0.2, 0.25) is 0 Å². The van der Waals surface area contributed by atoms with Crippen LogP contribution in [0.15, 0.2) is 103 Å². The first-order valence-electron chi connectivity index (χ1n) is 18.4. The van der Waals surface area contributed by atoms with E-state index >= 15 is 0 Å². The second-order valence-electron chi connectivity index (χ2n) is 13.5. The van der Waals surface area contributed by atoms with E-state index in [2.05, 4.69) is 152 Å². The maximum atomic E-state index is 3.73. The standard InChI is InChI=1S/C45H51BN2/c1-4-6-8-10-14-39-33-42(30-31-46-47-43-18-12-16-38-17-13-19-44(48-46)45(38)43)40(15-11-9-7-5-2)32-41(39)29-24-35-22-27-37(28-23-35)36-25-20-34(3)21-26-36/h12-13,16-33,47-48H,4-11,14-15H2,1-3H3/b29-24+,31-30+. The molecule has 0 saturated carbocycles. The first kappa shape index (κ1) is 33.4. The molecule has 2 nitrogen and oxygen atoms in total. The Bertz CT molecular complexity index is 1810. The van der Waals surface area contributed by atoms with Crippen molar-refractivity contribution < 1.29 is 0 Å². The van der Waals surface area contributed by atoms with E-state index in [0.717, 1.165) is 12.8 Å². The average molecular weight is 631 g/mol. The summed E-state index contributed by atoms with van der Waals surface area (Å²) in [6, 6.07) is 35.8. The second kappa shape index (κ2) is 16.6. The lowest BCUT2D eigenvalue weighted by Crippen LogP contribution is -2.35. The van der Waals surface area contributed by atoms with Gasteiger partial charge in [-0.2, -0.15) is 0 Å². The van der Waals surface area contributed by atoms with E-state index in [-0.39, 0.29) is 6.98 Å². The Kier molecular flexibility index (Phi) is 11.5. The Morgan fingerprint density at radius 2 is 1.10 bits per heavy atom. The molecule has 1 heterocycles. The van der Waals surface area contributed by atoms with E-state index in [0.29, 0.717) is 0 Å². The minimum atomic E-state index is 0.0360. The van der Waals surface area contributed by atoms with Crippen molar-refractivity contribution in [3.8, 4) is 11.1 Å². The van der Waals surface area contributed by atoms with E-state index in [1.807, 2.05) is 0 Å². The minimum absolute atomic E-state index is 0.0360. The van der Waals surface area contributed by atoms with E-state index in [4.69, 9.17) is 0 Å². The summed E-state index contributed by atoms with van der Waals surface area (Å²) >= 11 is 0. The highest BCUT2D eigenvalue weighted by atomic mass is 15.0. The molecule has 6 rings (SSSR count). The van der Waals surface area contributed by atoms with Gasteiger partial charge in [0.1, 0.15) is 0 Å². The van der Waals surface area contributed by atoms with Gasteiger partial charge >= 0.3 is 6.98 Å². The van der Waals surface area contributed by atoms with Crippen molar-refractivity contribution in [3.05, 3.63) is 136 Å². The highest BCUT2D eigenvalue weighted by Gasteiger charge is 2.21. The number of unbranched alkanes of at least 4 members (excludes halogenated alkanes) is 6. The quantitative estimate of drug-likeness (QED) is 0.0683. The first-order valence-corrected chi connectivity index (χ1v) is 18.4. The van der Waals surface area contributed by atoms with Crippen molar-refractivity contribution in [2.75, 3.05) is 10.5 Å². The number of anilines is 2. The van der Waals surface area contributed by atoms with Gasteiger partial charge in [-0.15, -0.1) is 0 Å². The normalized spacial score (nSPS) is 12.6. The van der Waals surface area contributed by atoms with Crippen molar-refractivity contribution in [1.82, 2.24) is 0 Å². The van der Waals surface area contributed by atoms with Gasteiger partial charge in [-0.05, 0) is 89.1 Å². The third kappa shape index (κ3) is 8.50. The van der Waals surface area contributed by atoms with Crippen LogP contribution in [0.4, 0.5) is 11.4 Å². The Morgan fingerprint density at radius 3 is 1.67 bits per heavy atom. The number of benzene rings is 5. The van der Waals surface area contributed by atoms with Gasteiger partial charge < -0.3 is 10.5 Å². The van der Waals surface area contributed by atoms with Crippen LogP contribution in [0.1, 0.15) is 98.6 Å². The Balaban J connectivity index is 1.28. The first-order chi connectivity index (χ1) is 23.6. The summed E-state index contributed by atoms with van der Waals surface area (Å²) in [5.74, 6) is 2.31. The van der Waals surface area contributed by atoms with Crippen molar-refractivity contribution in [1.29, 1.82) is 0 Å². The lowest BCUT2D eigenvalue weighted by molar-refractivity contribution is 0.663. The highest BCUT2D eigenvalue weighted by molar-refractivity contribution is 6.73. The highest BCUT2D eigenvalue weighted by Crippen LogP contribution is 2.34. The molecule has 5 aromatic rings. The molecule has 0 bridgehead atoms. The van der Waals surface area contributed by atoms with Gasteiger partial charge in [0.2, 0.25) is 0 Å². The molecule has 0 fully saturated rings. The largest absolute Gasteiger partial charge is 0.405 e. The van der Waals surface area contributed by atoms with Crippen molar-refractivity contribution >= 4 is 47.4 Å². The predicted molar refractivity (Wildman–Crippen MR) is 214 cm³/mol. The predicted octanol–water partition coefficient (Wildman–Crippen LogP) is 12.8. The van der Waals surface area contributed by atoms with Crippen LogP contribution >= 0.6 is 0 Å². The molecule has 5 aromatic carbocycles. The number of rotatable bonds is 15. The molecule has 0 amide bonds. The molecule has 2 N–H and O–H groups in total. The van der Waals surface area contributed by atoms with E-state index < -0.39 is 0 Å². The van der Waals surface area contributed by atoms with Crippen LogP contribution in [-0.2, 0) is 12.8 Å². The molecule has 0 spiro atoms. The van der Waals surface area contributed by atoms with Crippen molar-refractivity contribution in [2.24, 2.45) is 0 Å². The zero-order valence-electron chi connectivity index (χ0n) is 29.2. The summed E-state index contributed by atoms with van der Waals surface area (Å²) < 4.78 is 0. The Morgan fingerprint density at radius 1 is 0.562 bits per heavy atom. The van der Waals surface area contributed by atoms with Gasteiger partial charge in [-0.3, -0.25) is 0 Å². The molecule has 1 aliphatic rings. The molecule has 3 heteroatoms. The zero-order valence-corrected chi connectivity index (χ0v) is 29.2. The number of aryl methyl sites for hydroxylation is 3. The fraction of sp³-hybridized carbons (Fsp3) is 0.289. The van der Waals surface area contributed by atoms with Gasteiger partial charge in [-0.1, -0.05) is 167 Å². The molecule has 0 radical (unpaired) electrons. The summed E-state index contributed by atoms with van der Waals surface area (Å²) in [6.45, 7) is 6.76. The van der Waals surface area contributed by atoms with Crippen LogP contribution < -0.4 is 10.5 Å². The molecule has 0 aromatic heterocycles. The monoisotopic (exact) mass is 630 g/mol. The molecule has 1 aliphatic heterocycles. The summed E-state index contributed by atoms with van der Waals surface area (Å²) in [6.07, 6.45) is 19.4. The van der Waals surface area contributed by atoms with Crippen LogP contribution in [0.3, 0.4) is 0 Å². The lowest BCUT2D eigenvalue weighted by atomic mass is 9.72. The molecule has 48 heavy (non-hydrogen) atoms. The summed E-state index contributed by atoms with van der Waals surface area (Å²) in [4.78, 5) is 0. The summed E-state index contributed by atoms with van der Waals surface area (Å²) in [7, 11) is 0. The topological polar surface area (TPSA) is 24.1 Å². The number of hydrogen-bond acceptors (Lipinski definition) is 2. The van der Waals surface area contributed by atoms with Gasteiger partial charge in [0.05, 0.1) is 0 Å². The number of hydrogen-bond donors (Lipinski definition) is 2. The third-order valence-corrected chi connectivity index (χ3v) is 9.75. The zero-order chi connectivity index (χ0) is 33.1. The number of nitrogens with one attached hydrogen (secondary N) is 2. The molecule has 0 saturated heterocycles. The van der Waals surface area contributed by atoms with E-state index in [1.165, 1.54) is 118 Å². The molecular weight excluding hydrogens is 579 g/mol. The van der Waals surface area contributed by atoms with E-state index in [9.17, 15) is 0 Å². The fourth-order valence-corrected chi connectivity index (χ4v) is 6.92. The maximum Gasteiger partial charge on any atom is 0.398 e. The molecule has 0 unspecified atom stereocenters. The summed E-state index contributed by atoms with van der Waals surface area (Å²) in [5, 5.41) is 10.0. The van der Waals surface area contributed by atoms with Crippen molar-refractivity contribution in [3.63, 3.8) is 0 Å². The lowest BCUT2D eigenvalue weighted by Gasteiger charge is -2.25. The summed E-state index contributed by atoms with van der Waals surface area (Å²) in [5.41, 5.74) is 13.1. The Labute approximate surface area is 289 Å². The third-order valence-electron chi connectivity index (χ3n) is 9.75. The SMILES string of the molecule is CCCCCCc1cc(/C=C/c2ccc(-c3ccc(C)cc3)cc2)c(CCCCCC)cc1/C=C/B1Nc2cccc3cccc(c23)N1. The molecule has 0 atom stereocenters. The van der Waals surface area contributed by atoms with Crippen LogP contribution in [0.5, 0.6) is 0 Å². The minimum Gasteiger partial charge on any atom is -0.405 e. The molecular formula is C45H51BN2. The van der Waals surface area contributed by atoms with Gasteiger partial charge in [0.15, 0.2) is 0 Å². The van der Waals surface area contributed by atoms with E-state index in [1.54, 1.807) is 0 Å². The van der Waals surface area contributed by atoms with Crippen LogP contribution in [0.25, 0.3) is 40.1 Å². The Hall–Kier alpha value is -4.50. The molecule has 0 aliphatic carbocycles.